The quantitative estimate of drug-likeness (QED) is 0.829. The summed E-state index contributed by atoms with van der Waals surface area (Å²) in [6.45, 7) is 4.40. The van der Waals surface area contributed by atoms with Gasteiger partial charge < -0.3 is 0 Å². The molecule has 0 spiro atoms. The molecule has 0 aromatic carbocycles. The van der Waals surface area contributed by atoms with Gasteiger partial charge in [-0.05, 0) is 5.92 Å². The lowest BCUT2D eigenvalue weighted by Crippen LogP contribution is -2.49. The molecule has 1 aromatic rings. The highest BCUT2D eigenvalue weighted by Crippen LogP contribution is 2.15. The van der Waals surface area contributed by atoms with Crippen LogP contribution in [0.5, 0.6) is 0 Å². The number of amides is 3. The van der Waals surface area contributed by atoms with Gasteiger partial charge in [-0.3, -0.25) is 20.0 Å². The zero-order valence-electron chi connectivity index (χ0n) is 9.80. The fraction of sp³-hybridized carbons (Fsp3) is 0.455. The summed E-state index contributed by atoms with van der Waals surface area (Å²) in [5.74, 6) is 0.519. The van der Waals surface area contributed by atoms with E-state index < -0.39 is 6.03 Å². The zero-order chi connectivity index (χ0) is 12.4. The number of hydrogen-bond donors (Lipinski definition) is 1. The molecule has 3 amide bonds. The Labute approximate surface area is 99.1 Å². The Balaban J connectivity index is 2.17. The second kappa shape index (κ2) is 4.48. The molecule has 0 saturated carbocycles. The number of imide groups is 1. The van der Waals surface area contributed by atoms with Gasteiger partial charge in [-0.1, -0.05) is 13.8 Å². The fourth-order valence-corrected chi connectivity index (χ4v) is 1.55. The second-order valence-corrected chi connectivity index (χ2v) is 4.21. The summed E-state index contributed by atoms with van der Waals surface area (Å²) in [6, 6.07) is -0.437. The monoisotopic (exact) mass is 234 g/mol. The highest BCUT2D eigenvalue weighted by molar-refractivity contribution is 6.05. The molecule has 1 N–H and O–H groups in total. The number of hydrogen-bond acceptors (Lipinski definition) is 4. The Morgan fingerprint density at radius 2 is 2.06 bits per heavy atom. The molecule has 1 aliphatic rings. The van der Waals surface area contributed by atoms with Crippen LogP contribution in [-0.2, 0) is 4.79 Å². The third kappa shape index (κ3) is 2.41. The molecule has 0 radical (unpaired) electrons. The van der Waals surface area contributed by atoms with Crippen molar-refractivity contribution in [2.75, 3.05) is 11.4 Å². The molecule has 2 heterocycles. The molecular formula is C11H14N4O2. The molecule has 1 aliphatic heterocycles. The molecule has 6 nitrogen and oxygen atoms in total. The Morgan fingerprint density at radius 3 is 2.59 bits per heavy atom. The van der Waals surface area contributed by atoms with Crippen LogP contribution in [0.15, 0.2) is 12.4 Å². The largest absolute Gasteiger partial charge is 0.329 e. The van der Waals surface area contributed by atoms with Crippen molar-refractivity contribution in [3.05, 3.63) is 18.1 Å². The van der Waals surface area contributed by atoms with Crippen molar-refractivity contribution in [2.45, 2.75) is 26.2 Å². The molecule has 0 atom stereocenters. The minimum atomic E-state index is -0.437. The number of nitrogens with zero attached hydrogens (tertiary/aromatic N) is 3. The van der Waals surface area contributed by atoms with Crippen molar-refractivity contribution in [1.29, 1.82) is 0 Å². The topological polar surface area (TPSA) is 75.2 Å². The van der Waals surface area contributed by atoms with Crippen LogP contribution in [0.3, 0.4) is 0 Å². The highest BCUT2D eigenvalue weighted by Gasteiger charge is 2.25. The first-order chi connectivity index (χ1) is 8.08. The summed E-state index contributed by atoms with van der Waals surface area (Å²) in [4.78, 5) is 32.4. The van der Waals surface area contributed by atoms with Crippen LogP contribution >= 0.6 is 0 Å². The third-order valence-corrected chi connectivity index (χ3v) is 2.58. The highest BCUT2D eigenvalue weighted by atomic mass is 16.2. The van der Waals surface area contributed by atoms with Gasteiger partial charge >= 0.3 is 6.03 Å². The van der Waals surface area contributed by atoms with Gasteiger partial charge in [-0.25, -0.2) is 9.78 Å². The lowest BCUT2D eigenvalue weighted by atomic mass is 10.1. The van der Waals surface area contributed by atoms with E-state index >= 15 is 0 Å². The van der Waals surface area contributed by atoms with Gasteiger partial charge in [0.15, 0.2) is 5.82 Å². The number of anilines is 1. The lowest BCUT2D eigenvalue weighted by Gasteiger charge is -2.25. The molecule has 1 aromatic heterocycles. The molecule has 0 bridgehead atoms. The summed E-state index contributed by atoms with van der Waals surface area (Å²) < 4.78 is 0. The maximum absolute atomic E-state index is 11.6. The van der Waals surface area contributed by atoms with Crippen molar-refractivity contribution in [3.63, 3.8) is 0 Å². The molecule has 17 heavy (non-hydrogen) atoms. The van der Waals surface area contributed by atoms with Gasteiger partial charge in [-0.2, -0.15) is 0 Å². The first-order valence-electron chi connectivity index (χ1n) is 5.51. The number of carbonyl (C=O) groups excluding carboxylic acids is 2. The van der Waals surface area contributed by atoms with E-state index in [1.165, 1.54) is 4.90 Å². The molecule has 0 aliphatic carbocycles. The summed E-state index contributed by atoms with van der Waals surface area (Å²) in [7, 11) is 0. The molecule has 90 valence electrons. The summed E-state index contributed by atoms with van der Waals surface area (Å²) in [5, 5.41) is 2.25. The first-order valence-corrected chi connectivity index (χ1v) is 5.51. The number of aromatic nitrogens is 2. The van der Waals surface area contributed by atoms with E-state index in [1.807, 2.05) is 13.8 Å². The summed E-state index contributed by atoms with van der Waals surface area (Å²) in [5.41, 5.74) is 0.877. The van der Waals surface area contributed by atoms with E-state index in [9.17, 15) is 9.59 Å². The molecule has 2 rings (SSSR count). The number of nitrogens with one attached hydrogen (secondary N) is 1. The second-order valence-electron chi connectivity index (χ2n) is 4.21. The smallest absolute Gasteiger partial charge is 0.278 e. The Morgan fingerprint density at radius 1 is 1.29 bits per heavy atom. The van der Waals surface area contributed by atoms with E-state index in [-0.39, 0.29) is 5.91 Å². The maximum Gasteiger partial charge on any atom is 0.329 e. The fourth-order valence-electron chi connectivity index (χ4n) is 1.55. The molecular weight excluding hydrogens is 220 g/mol. The van der Waals surface area contributed by atoms with Crippen LogP contribution in [0, 0.1) is 0 Å². The average Bonchev–Trinajstić information content (AvgIpc) is 2.29. The van der Waals surface area contributed by atoms with E-state index in [2.05, 4.69) is 15.3 Å². The number of rotatable bonds is 2. The van der Waals surface area contributed by atoms with Gasteiger partial charge in [0.1, 0.15) is 0 Å². The molecule has 1 fully saturated rings. The van der Waals surface area contributed by atoms with Crippen LogP contribution in [0.1, 0.15) is 31.9 Å². The molecule has 6 heteroatoms. The molecule has 1 saturated heterocycles. The van der Waals surface area contributed by atoms with Crippen molar-refractivity contribution >= 4 is 17.8 Å². The standard InChI is InChI=1S/C11H14N4O2/c1-7(2)8-5-13-9(6-12-8)15-4-3-10(16)14-11(15)17/h5-7H,3-4H2,1-2H3,(H,14,16,17). The van der Waals surface area contributed by atoms with Gasteiger partial charge in [0.2, 0.25) is 5.91 Å². The third-order valence-electron chi connectivity index (χ3n) is 2.58. The van der Waals surface area contributed by atoms with Crippen molar-refractivity contribution < 1.29 is 9.59 Å². The number of urea groups is 1. The molecule has 0 unspecified atom stereocenters. The normalized spacial score (nSPS) is 16.3. The maximum atomic E-state index is 11.6. The van der Waals surface area contributed by atoms with E-state index in [0.29, 0.717) is 24.7 Å². The summed E-state index contributed by atoms with van der Waals surface area (Å²) >= 11 is 0. The van der Waals surface area contributed by atoms with E-state index in [1.54, 1.807) is 12.4 Å². The van der Waals surface area contributed by atoms with Crippen LogP contribution in [-0.4, -0.2) is 28.5 Å². The van der Waals surface area contributed by atoms with Crippen LogP contribution in [0.2, 0.25) is 0 Å². The predicted molar refractivity (Wildman–Crippen MR) is 61.6 cm³/mol. The Hall–Kier alpha value is -1.98. The Kier molecular flexibility index (Phi) is 3.03. The minimum absolute atomic E-state index is 0.252. The minimum Gasteiger partial charge on any atom is -0.278 e. The first kappa shape index (κ1) is 11.5. The van der Waals surface area contributed by atoms with Crippen molar-refractivity contribution in [3.8, 4) is 0 Å². The van der Waals surface area contributed by atoms with Gasteiger partial charge in [-0.15, -0.1) is 0 Å². The van der Waals surface area contributed by atoms with Crippen molar-refractivity contribution in [2.24, 2.45) is 0 Å². The van der Waals surface area contributed by atoms with Crippen LogP contribution in [0.4, 0.5) is 10.6 Å². The average molecular weight is 234 g/mol. The van der Waals surface area contributed by atoms with E-state index in [4.69, 9.17) is 0 Å². The van der Waals surface area contributed by atoms with Crippen molar-refractivity contribution in [1.82, 2.24) is 15.3 Å². The van der Waals surface area contributed by atoms with Gasteiger partial charge in [0, 0.05) is 13.0 Å². The number of carbonyl (C=O) groups is 2. The zero-order valence-corrected chi connectivity index (χ0v) is 9.80. The van der Waals surface area contributed by atoms with E-state index in [0.717, 1.165) is 5.69 Å². The SMILES string of the molecule is CC(C)c1cnc(N2CCC(=O)NC2=O)cn1. The Bertz CT molecular complexity index is 441. The predicted octanol–water partition coefficient (Wildman–Crippen LogP) is 1.05. The van der Waals surface area contributed by atoms with Gasteiger partial charge in [0.05, 0.1) is 18.1 Å². The van der Waals surface area contributed by atoms with Gasteiger partial charge in [0.25, 0.3) is 0 Å². The lowest BCUT2D eigenvalue weighted by molar-refractivity contribution is -0.120. The van der Waals surface area contributed by atoms with Crippen LogP contribution in [0.25, 0.3) is 0 Å². The van der Waals surface area contributed by atoms with Crippen LogP contribution < -0.4 is 10.2 Å². The summed E-state index contributed by atoms with van der Waals surface area (Å²) in [6.07, 6.45) is 3.51.